The summed E-state index contributed by atoms with van der Waals surface area (Å²) in [5, 5.41) is 4.37. The third-order valence-electron chi connectivity index (χ3n) is 5.36. The van der Waals surface area contributed by atoms with Crippen molar-refractivity contribution in [2.75, 3.05) is 24.6 Å². The molecule has 2 aliphatic rings. The Morgan fingerprint density at radius 2 is 1.92 bits per heavy atom. The number of hydrogen-bond donors (Lipinski definition) is 0. The molecule has 1 atom stereocenters. The van der Waals surface area contributed by atoms with E-state index in [0.717, 1.165) is 18.7 Å². The van der Waals surface area contributed by atoms with Crippen molar-refractivity contribution in [2.45, 2.75) is 45.1 Å². The van der Waals surface area contributed by atoms with E-state index >= 15 is 0 Å². The number of aryl methyl sites for hydroxylation is 1. The lowest BCUT2D eigenvalue weighted by Crippen LogP contribution is -2.39. The van der Waals surface area contributed by atoms with Gasteiger partial charge >= 0.3 is 5.69 Å². The van der Waals surface area contributed by atoms with E-state index in [1.807, 2.05) is 11.8 Å². The van der Waals surface area contributed by atoms with Gasteiger partial charge < -0.3 is 4.90 Å². The maximum absolute atomic E-state index is 12.4. The highest BCUT2D eigenvalue weighted by Gasteiger charge is 2.32. The summed E-state index contributed by atoms with van der Waals surface area (Å²) < 4.78 is 26.1. The van der Waals surface area contributed by atoms with Crippen LogP contribution in [-0.2, 0) is 28.2 Å². The number of carbonyl (C=O) groups excluding carboxylic acids is 1. The highest BCUT2D eigenvalue weighted by atomic mass is 32.2. The van der Waals surface area contributed by atoms with Crippen LogP contribution in [0.15, 0.2) is 4.79 Å². The first-order valence-corrected chi connectivity index (χ1v) is 10.7. The van der Waals surface area contributed by atoms with Crippen LogP contribution in [0.5, 0.6) is 0 Å². The molecule has 0 saturated carbocycles. The molecule has 2 saturated heterocycles. The summed E-state index contributed by atoms with van der Waals surface area (Å²) in [5.74, 6) is 1.37. The molecule has 0 bridgehead atoms. The fourth-order valence-corrected chi connectivity index (χ4v) is 5.78. The van der Waals surface area contributed by atoms with Crippen molar-refractivity contribution in [1.29, 1.82) is 0 Å². The zero-order chi connectivity index (χ0) is 18.2. The summed E-state index contributed by atoms with van der Waals surface area (Å²) in [5.41, 5.74) is -0.0987. The molecule has 0 aliphatic carbocycles. The quantitative estimate of drug-likeness (QED) is 0.751. The summed E-state index contributed by atoms with van der Waals surface area (Å²) in [6, 6.07) is 0. The Kier molecular flexibility index (Phi) is 5.04. The molecule has 1 amide bonds. The van der Waals surface area contributed by atoms with Crippen LogP contribution in [-0.4, -0.2) is 58.2 Å². The molecular formula is C16H26N4O4S. The molecule has 1 aromatic heterocycles. The van der Waals surface area contributed by atoms with Gasteiger partial charge in [0.05, 0.1) is 11.5 Å². The smallest absolute Gasteiger partial charge is 0.343 e. The van der Waals surface area contributed by atoms with E-state index in [1.54, 1.807) is 11.6 Å². The lowest BCUT2D eigenvalue weighted by molar-refractivity contribution is -0.133. The van der Waals surface area contributed by atoms with Gasteiger partial charge in [-0.3, -0.25) is 9.36 Å². The van der Waals surface area contributed by atoms with E-state index in [4.69, 9.17) is 0 Å². The molecule has 0 radical (unpaired) electrons. The minimum Gasteiger partial charge on any atom is -0.343 e. The number of piperidine rings is 1. The molecule has 9 heteroatoms. The van der Waals surface area contributed by atoms with E-state index in [9.17, 15) is 18.0 Å². The van der Waals surface area contributed by atoms with Crippen LogP contribution in [0.1, 0.15) is 44.3 Å². The van der Waals surface area contributed by atoms with Gasteiger partial charge in [-0.2, -0.15) is 5.10 Å². The van der Waals surface area contributed by atoms with Crippen molar-refractivity contribution in [3.8, 4) is 0 Å². The predicted molar refractivity (Wildman–Crippen MR) is 93.1 cm³/mol. The fourth-order valence-electron chi connectivity index (χ4n) is 3.92. The Morgan fingerprint density at radius 3 is 2.48 bits per heavy atom. The number of nitrogens with zero attached hydrogens (tertiary/aromatic N) is 4. The van der Waals surface area contributed by atoms with E-state index in [1.165, 1.54) is 4.68 Å². The van der Waals surface area contributed by atoms with Crippen LogP contribution in [0.3, 0.4) is 0 Å². The first-order valence-electron chi connectivity index (χ1n) is 8.92. The van der Waals surface area contributed by atoms with Gasteiger partial charge in [0.2, 0.25) is 5.91 Å². The SMILES string of the molecule is CCn1c(C2CCN(C(=O)C[C@H]3CCS(=O)(=O)C3)CC2)nn(C)c1=O. The summed E-state index contributed by atoms with van der Waals surface area (Å²) in [4.78, 5) is 26.3. The zero-order valence-electron chi connectivity index (χ0n) is 14.8. The average Bonchev–Trinajstić information content (AvgIpc) is 3.06. The van der Waals surface area contributed by atoms with Crippen LogP contribution in [0.4, 0.5) is 0 Å². The molecule has 2 aliphatic heterocycles. The maximum Gasteiger partial charge on any atom is 0.345 e. The van der Waals surface area contributed by atoms with Gasteiger partial charge in [-0.1, -0.05) is 0 Å². The van der Waals surface area contributed by atoms with Crippen LogP contribution >= 0.6 is 0 Å². The monoisotopic (exact) mass is 370 g/mol. The summed E-state index contributed by atoms with van der Waals surface area (Å²) >= 11 is 0. The number of hydrogen-bond acceptors (Lipinski definition) is 5. The molecule has 0 aromatic carbocycles. The first kappa shape index (κ1) is 18.2. The van der Waals surface area contributed by atoms with Crippen LogP contribution in [0.25, 0.3) is 0 Å². The second kappa shape index (κ2) is 6.93. The van der Waals surface area contributed by atoms with Gasteiger partial charge in [0.15, 0.2) is 9.84 Å². The third kappa shape index (κ3) is 3.80. The summed E-state index contributed by atoms with van der Waals surface area (Å²) in [6.45, 7) is 3.80. The zero-order valence-corrected chi connectivity index (χ0v) is 15.7. The van der Waals surface area contributed by atoms with E-state index in [2.05, 4.69) is 5.10 Å². The van der Waals surface area contributed by atoms with Gasteiger partial charge in [-0.05, 0) is 32.1 Å². The fraction of sp³-hybridized carbons (Fsp3) is 0.812. The lowest BCUT2D eigenvalue weighted by Gasteiger charge is -2.32. The van der Waals surface area contributed by atoms with Crippen LogP contribution < -0.4 is 5.69 Å². The first-order chi connectivity index (χ1) is 11.8. The second-order valence-corrected chi connectivity index (χ2v) is 9.37. The van der Waals surface area contributed by atoms with Crippen molar-refractivity contribution in [3.05, 3.63) is 16.3 Å². The molecule has 140 valence electrons. The molecule has 0 spiro atoms. The third-order valence-corrected chi connectivity index (χ3v) is 7.19. The van der Waals surface area contributed by atoms with Crippen molar-refractivity contribution < 1.29 is 13.2 Å². The predicted octanol–water partition coefficient (Wildman–Crippen LogP) is 0.133. The topological polar surface area (TPSA) is 94.3 Å². The van der Waals surface area contributed by atoms with E-state index in [0.29, 0.717) is 32.5 Å². The van der Waals surface area contributed by atoms with Crippen molar-refractivity contribution in [3.63, 3.8) is 0 Å². The van der Waals surface area contributed by atoms with Gasteiger partial charge in [-0.25, -0.2) is 17.9 Å². The van der Waals surface area contributed by atoms with Gasteiger partial charge in [0.25, 0.3) is 0 Å². The molecular weight excluding hydrogens is 344 g/mol. The largest absolute Gasteiger partial charge is 0.345 e. The number of rotatable bonds is 4. The van der Waals surface area contributed by atoms with E-state index in [-0.39, 0.29) is 34.9 Å². The number of amides is 1. The highest BCUT2D eigenvalue weighted by molar-refractivity contribution is 7.91. The number of aromatic nitrogens is 3. The number of sulfone groups is 1. The highest BCUT2D eigenvalue weighted by Crippen LogP contribution is 2.28. The minimum absolute atomic E-state index is 0.0312. The van der Waals surface area contributed by atoms with Crippen molar-refractivity contribution >= 4 is 15.7 Å². The van der Waals surface area contributed by atoms with Gasteiger partial charge in [0, 0.05) is 39.0 Å². The van der Waals surface area contributed by atoms with Crippen LogP contribution in [0, 0.1) is 5.92 Å². The van der Waals surface area contributed by atoms with Crippen molar-refractivity contribution in [2.24, 2.45) is 13.0 Å². The van der Waals surface area contributed by atoms with Crippen molar-refractivity contribution in [1.82, 2.24) is 19.2 Å². The second-order valence-electron chi connectivity index (χ2n) is 7.14. The van der Waals surface area contributed by atoms with Crippen LogP contribution in [0.2, 0.25) is 0 Å². The Bertz CT molecular complexity index is 803. The summed E-state index contributed by atoms with van der Waals surface area (Å²) in [6.07, 6.45) is 2.49. The number of likely N-dealkylation sites (tertiary alicyclic amines) is 1. The average molecular weight is 370 g/mol. The number of carbonyl (C=O) groups is 1. The van der Waals surface area contributed by atoms with Gasteiger partial charge in [-0.15, -0.1) is 0 Å². The molecule has 0 N–H and O–H groups in total. The van der Waals surface area contributed by atoms with Gasteiger partial charge in [0.1, 0.15) is 5.82 Å². The molecule has 3 rings (SSSR count). The molecule has 1 aromatic rings. The van der Waals surface area contributed by atoms with E-state index < -0.39 is 9.84 Å². The molecule has 25 heavy (non-hydrogen) atoms. The standard InChI is InChI=1S/C16H26N4O4S/c1-3-20-15(17-18(2)16(20)22)13-4-7-19(8-5-13)14(21)10-12-6-9-25(23,24)11-12/h12-13H,3-11H2,1-2H3/t12-/m1/s1. The Morgan fingerprint density at radius 1 is 1.24 bits per heavy atom. The Balaban J connectivity index is 1.58. The molecule has 0 unspecified atom stereocenters. The summed E-state index contributed by atoms with van der Waals surface area (Å²) in [7, 11) is -1.28. The maximum atomic E-state index is 12.4. The Labute approximate surface area is 147 Å². The lowest BCUT2D eigenvalue weighted by atomic mass is 9.95. The molecule has 8 nitrogen and oxygen atoms in total. The molecule has 3 heterocycles. The molecule has 2 fully saturated rings. The normalized spacial score (nSPS) is 23.9. The Hall–Kier alpha value is -1.64. The minimum atomic E-state index is -2.94.